The maximum Gasteiger partial charge on any atom is 0.324 e. The smallest absolute Gasteiger partial charge is 0.324 e. The van der Waals surface area contributed by atoms with Crippen LogP contribution in [0, 0.1) is 10.1 Å². The summed E-state index contributed by atoms with van der Waals surface area (Å²) < 4.78 is 5.23. The van der Waals surface area contributed by atoms with E-state index in [0.717, 1.165) is 0 Å². The van der Waals surface area contributed by atoms with Gasteiger partial charge in [0.1, 0.15) is 12.6 Å². The minimum Gasteiger partial charge on any atom is -0.481 e. The molecule has 10 heteroatoms. The largest absolute Gasteiger partial charge is 0.481 e. The number of esters is 1. The van der Waals surface area contributed by atoms with Crippen LogP contribution in [0.5, 0.6) is 0 Å². The van der Waals surface area contributed by atoms with Gasteiger partial charge < -0.3 is 9.84 Å². The van der Waals surface area contributed by atoms with Crippen molar-refractivity contribution in [1.29, 1.82) is 0 Å². The van der Waals surface area contributed by atoms with Crippen LogP contribution in [-0.2, 0) is 25.7 Å². The molecule has 0 bridgehead atoms. The Labute approximate surface area is 159 Å². The molecular formula is C17H20N2O7S. The number of non-ortho nitro benzene ring substituents is 1. The van der Waals surface area contributed by atoms with E-state index in [1.54, 1.807) is 4.90 Å². The molecule has 2 rings (SSSR count). The minimum absolute atomic E-state index is 0.0163. The molecule has 0 radical (unpaired) electrons. The van der Waals surface area contributed by atoms with E-state index >= 15 is 0 Å². The first-order valence-electron chi connectivity index (χ1n) is 8.29. The Kier molecular flexibility index (Phi) is 7.31. The van der Waals surface area contributed by atoms with Crippen molar-refractivity contribution in [2.24, 2.45) is 0 Å². The van der Waals surface area contributed by atoms with Crippen molar-refractivity contribution in [3.05, 3.63) is 39.9 Å². The second-order valence-electron chi connectivity index (χ2n) is 6.16. The zero-order valence-electron chi connectivity index (χ0n) is 14.7. The number of carboxylic acid groups (broad SMARTS) is 1. The van der Waals surface area contributed by atoms with Gasteiger partial charge in [0.05, 0.1) is 11.3 Å². The Morgan fingerprint density at radius 2 is 2.04 bits per heavy atom. The van der Waals surface area contributed by atoms with Gasteiger partial charge in [0.2, 0.25) is 0 Å². The molecule has 1 fully saturated rings. The number of nitro groups is 1. The predicted molar refractivity (Wildman–Crippen MR) is 97.2 cm³/mol. The van der Waals surface area contributed by atoms with Gasteiger partial charge in [-0.2, -0.15) is 0 Å². The third-order valence-corrected chi connectivity index (χ3v) is 5.17. The lowest BCUT2D eigenvalue weighted by molar-refractivity contribution is -0.384. The fourth-order valence-corrected chi connectivity index (χ4v) is 3.82. The van der Waals surface area contributed by atoms with Gasteiger partial charge in [-0.3, -0.25) is 29.4 Å². The van der Waals surface area contributed by atoms with E-state index in [2.05, 4.69) is 0 Å². The predicted octanol–water partition coefficient (Wildman–Crippen LogP) is 1.84. The van der Waals surface area contributed by atoms with Gasteiger partial charge in [0.25, 0.3) is 5.69 Å². The molecule has 1 N–H and O–H groups in total. The van der Waals surface area contributed by atoms with Crippen LogP contribution in [0.3, 0.4) is 0 Å². The van der Waals surface area contributed by atoms with Crippen molar-refractivity contribution < 1.29 is 29.2 Å². The van der Waals surface area contributed by atoms with E-state index in [0.29, 0.717) is 25.1 Å². The Hall–Kier alpha value is -2.46. The SMILES string of the molecule is CC(=O)SC1CCN([C@@H](CC(=O)O)C(=O)OCc2ccc([N+](=O)[O-])cc2)C1. The lowest BCUT2D eigenvalue weighted by Crippen LogP contribution is -2.42. The van der Waals surface area contributed by atoms with Crippen LogP contribution in [-0.4, -0.2) is 56.4 Å². The minimum atomic E-state index is -1.12. The summed E-state index contributed by atoms with van der Waals surface area (Å²) in [6.45, 7) is 2.32. The monoisotopic (exact) mass is 396 g/mol. The molecule has 1 aromatic carbocycles. The van der Waals surface area contributed by atoms with Gasteiger partial charge in [0, 0.05) is 37.4 Å². The van der Waals surface area contributed by atoms with Gasteiger partial charge in [0.15, 0.2) is 5.12 Å². The van der Waals surface area contributed by atoms with E-state index in [-0.39, 0.29) is 22.7 Å². The van der Waals surface area contributed by atoms with Gasteiger partial charge in [-0.05, 0) is 24.1 Å². The number of hydrogen-bond acceptors (Lipinski definition) is 8. The molecule has 27 heavy (non-hydrogen) atoms. The molecule has 0 aliphatic carbocycles. The average molecular weight is 396 g/mol. The summed E-state index contributed by atoms with van der Waals surface area (Å²) in [7, 11) is 0. The number of nitrogens with zero attached hydrogens (tertiary/aromatic N) is 2. The Balaban J connectivity index is 1.97. The number of carboxylic acids is 1. The van der Waals surface area contributed by atoms with Gasteiger partial charge in [-0.15, -0.1) is 0 Å². The molecule has 0 amide bonds. The zero-order chi connectivity index (χ0) is 20.0. The molecule has 0 spiro atoms. The van der Waals surface area contributed by atoms with Gasteiger partial charge >= 0.3 is 11.9 Å². The number of benzene rings is 1. The van der Waals surface area contributed by atoms with Crippen molar-refractivity contribution in [3.63, 3.8) is 0 Å². The van der Waals surface area contributed by atoms with E-state index < -0.39 is 29.3 Å². The lowest BCUT2D eigenvalue weighted by Gasteiger charge is -2.24. The van der Waals surface area contributed by atoms with Crippen LogP contribution >= 0.6 is 11.8 Å². The summed E-state index contributed by atoms with van der Waals surface area (Å²) >= 11 is 1.19. The average Bonchev–Trinajstić information content (AvgIpc) is 3.05. The summed E-state index contributed by atoms with van der Waals surface area (Å²) in [5.74, 6) is -1.78. The van der Waals surface area contributed by atoms with Crippen molar-refractivity contribution >= 4 is 34.5 Å². The number of rotatable bonds is 8. The van der Waals surface area contributed by atoms with Crippen LogP contribution in [0.2, 0.25) is 0 Å². The highest BCUT2D eigenvalue weighted by Crippen LogP contribution is 2.26. The van der Waals surface area contributed by atoms with Crippen LogP contribution in [0.25, 0.3) is 0 Å². The first-order chi connectivity index (χ1) is 12.8. The van der Waals surface area contributed by atoms with Gasteiger partial charge in [-0.25, -0.2) is 0 Å². The third kappa shape index (κ3) is 6.33. The maximum absolute atomic E-state index is 12.4. The van der Waals surface area contributed by atoms with E-state index in [9.17, 15) is 24.5 Å². The molecule has 1 unspecified atom stereocenters. The summed E-state index contributed by atoms with van der Waals surface area (Å²) in [5.41, 5.74) is 0.495. The summed E-state index contributed by atoms with van der Waals surface area (Å²) in [5, 5.41) is 19.8. The van der Waals surface area contributed by atoms with Crippen molar-refractivity contribution in [3.8, 4) is 0 Å². The maximum atomic E-state index is 12.4. The molecule has 146 valence electrons. The van der Waals surface area contributed by atoms with Gasteiger partial charge in [-0.1, -0.05) is 11.8 Å². The normalized spacial score (nSPS) is 18.0. The lowest BCUT2D eigenvalue weighted by atomic mass is 10.2. The van der Waals surface area contributed by atoms with E-state index in [1.165, 1.54) is 43.0 Å². The quantitative estimate of drug-likeness (QED) is 0.398. The molecule has 1 aliphatic heterocycles. The highest BCUT2D eigenvalue weighted by atomic mass is 32.2. The Bertz CT molecular complexity index is 722. The first-order valence-corrected chi connectivity index (χ1v) is 9.17. The second kappa shape index (κ2) is 9.47. The fourth-order valence-electron chi connectivity index (χ4n) is 2.86. The standard InChI is InChI=1S/C17H20N2O7S/c1-11(20)27-14-6-7-18(9-14)15(8-16(21)22)17(23)26-10-12-2-4-13(5-3-12)19(24)25/h2-5,14-15H,6-10H2,1H3,(H,21,22)/t14?,15-/m0/s1. The second-order valence-corrected chi connectivity index (χ2v) is 7.64. The molecular weight excluding hydrogens is 376 g/mol. The van der Waals surface area contributed by atoms with Crippen molar-refractivity contribution in [2.75, 3.05) is 13.1 Å². The highest BCUT2D eigenvalue weighted by Gasteiger charge is 2.35. The molecule has 0 aromatic heterocycles. The van der Waals surface area contributed by atoms with Crippen molar-refractivity contribution in [1.82, 2.24) is 4.90 Å². The Morgan fingerprint density at radius 3 is 2.59 bits per heavy atom. The number of ether oxygens (including phenoxy) is 1. The number of aliphatic carboxylic acids is 1. The van der Waals surface area contributed by atoms with E-state index in [4.69, 9.17) is 9.84 Å². The zero-order valence-corrected chi connectivity index (χ0v) is 15.5. The van der Waals surface area contributed by atoms with Crippen LogP contribution < -0.4 is 0 Å². The first kappa shape index (κ1) is 20.8. The third-order valence-electron chi connectivity index (χ3n) is 4.12. The number of thioether (sulfide) groups is 1. The number of carbonyl (C=O) groups excluding carboxylic acids is 2. The van der Waals surface area contributed by atoms with Crippen LogP contribution in [0.4, 0.5) is 5.69 Å². The topological polar surface area (TPSA) is 127 Å². The summed E-state index contributed by atoms with van der Waals surface area (Å²) in [4.78, 5) is 46.7. The van der Waals surface area contributed by atoms with Crippen molar-refractivity contribution in [2.45, 2.75) is 37.7 Å². The fraction of sp³-hybridized carbons (Fsp3) is 0.471. The summed E-state index contributed by atoms with van der Waals surface area (Å²) in [6.07, 6.45) is 0.298. The number of hydrogen-bond donors (Lipinski definition) is 1. The van der Waals surface area contributed by atoms with E-state index in [1.807, 2.05) is 0 Å². The Morgan fingerprint density at radius 1 is 1.37 bits per heavy atom. The molecule has 0 saturated carbocycles. The number of likely N-dealkylation sites (tertiary alicyclic amines) is 1. The summed E-state index contributed by atoms with van der Waals surface area (Å²) in [6, 6.07) is 4.64. The number of carbonyl (C=O) groups is 3. The van der Waals surface area contributed by atoms with Crippen LogP contribution in [0.15, 0.2) is 24.3 Å². The molecule has 1 aromatic rings. The molecule has 1 saturated heterocycles. The number of nitro benzene ring substituents is 1. The van der Waals surface area contributed by atoms with Crippen LogP contribution in [0.1, 0.15) is 25.3 Å². The molecule has 9 nitrogen and oxygen atoms in total. The highest BCUT2D eigenvalue weighted by molar-refractivity contribution is 8.14. The molecule has 2 atom stereocenters. The molecule has 1 aliphatic rings. The molecule has 1 heterocycles.